The zero-order valence-electron chi connectivity index (χ0n) is 10.6. The number of benzene rings is 1. The summed E-state index contributed by atoms with van der Waals surface area (Å²) in [7, 11) is 0. The molecule has 5 heteroatoms. The van der Waals surface area contributed by atoms with E-state index in [9.17, 15) is 4.39 Å². The van der Waals surface area contributed by atoms with Crippen LogP contribution in [0.1, 0.15) is 19.4 Å². The van der Waals surface area contributed by atoms with Gasteiger partial charge in [0.25, 0.3) is 0 Å². The number of halogens is 1. The summed E-state index contributed by atoms with van der Waals surface area (Å²) >= 11 is 0. The maximum absolute atomic E-state index is 12.9. The molecular formula is C13H17FN2O2. The van der Waals surface area contributed by atoms with Gasteiger partial charge < -0.3 is 14.8 Å². The van der Waals surface area contributed by atoms with Gasteiger partial charge in [0.2, 0.25) is 0 Å². The molecule has 0 bridgehead atoms. The lowest BCUT2D eigenvalue weighted by Crippen LogP contribution is -2.26. The Bertz CT molecular complexity index is 412. The summed E-state index contributed by atoms with van der Waals surface area (Å²) in [6.45, 7) is 5.25. The van der Waals surface area contributed by atoms with E-state index in [1.807, 2.05) is 19.9 Å². The molecule has 0 aliphatic rings. The maximum Gasteiger partial charge on any atom is 0.174 e. The lowest BCUT2D eigenvalue weighted by molar-refractivity contribution is -0.126. The number of ether oxygens (including phenoxy) is 2. The molecule has 0 saturated carbocycles. The Balaban J connectivity index is 2.64. The van der Waals surface area contributed by atoms with Crippen molar-refractivity contribution in [1.82, 2.24) is 0 Å². The topological polar surface area (TPSA) is 54.3 Å². The van der Waals surface area contributed by atoms with E-state index in [4.69, 9.17) is 14.7 Å². The SMILES string of the molecule is CCOC(CNc1ccc(F)cc1C#N)OCC. The van der Waals surface area contributed by atoms with Crippen molar-refractivity contribution in [3.63, 3.8) is 0 Å². The van der Waals surface area contributed by atoms with Gasteiger partial charge in [-0.25, -0.2) is 4.39 Å². The molecule has 18 heavy (non-hydrogen) atoms. The van der Waals surface area contributed by atoms with Gasteiger partial charge in [0.05, 0.1) is 17.8 Å². The Morgan fingerprint density at radius 1 is 1.33 bits per heavy atom. The van der Waals surface area contributed by atoms with Crippen molar-refractivity contribution in [3.8, 4) is 6.07 Å². The normalized spacial score (nSPS) is 10.4. The van der Waals surface area contributed by atoms with Crippen LogP contribution in [0.4, 0.5) is 10.1 Å². The highest BCUT2D eigenvalue weighted by Crippen LogP contribution is 2.16. The van der Waals surface area contributed by atoms with Crippen molar-refractivity contribution in [2.45, 2.75) is 20.1 Å². The van der Waals surface area contributed by atoms with Gasteiger partial charge in [0.15, 0.2) is 6.29 Å². The van der Waals surface area contributed by atoms with Crippen LogP contribution in [0.25, 0.3) is 0 Å². The zero-order valence-corrected chi connectivity index (χ0v) is 10.6. The van der Waals surface area contributed by atoms with Crippen LogP contribution in [-0.2, 0) is 9.47 Å². The second-order valence-electron chi connectivity index (χ2n) is 3.52. The largest absolute Gasteiger partial charge is 0.379 e. The summed E-state index contributed by atoms with van der Waals surface area (Å²) in [5.74, 6) is -0.428. The molecule has 1 aromatic carbocycles. The average Bonchev–Trinajstić information content (AvgIpc) is 2.37. The van der Waals surface area contributed by atoms with Crippen molar-refractivity contribution < 1.29 is 13.9 Å². The lowest BCUT2D eigenvalue weighted by Gasteiger charge is -2.18. The molecule has 1 rings (SSSR count). The van der Waals surface area contributed by atoms with E-state index in [1.54, 1.807) is 0 Å². The Labute approximate surface area is 106 Å². The summed E-state index contributed by atoms with van der Waals surface area (Å²) in [4.78, 5) is 0. The molecule has 0 radical (unpaired) electrons. The van der Waals surface area contributed by atoms with E-state index >= 15 is 0 Å². The molecule has 0 aliphatic heterocycles. The second-order valence-corrected chi connectivity index (χ2v) is 3.52. The van der Waals surface area contributed by atoms with Gasteiger partial charge in [-0.3, -0.25) is 0 Å². The summed E-state index contributed by atoms with van der Waals surface area (Å²) in [6, 6.07) is 5.97. The van der Waals surface area contributed by atoms with Crippen molar-refractivity contribution >= 4 is 5.69 Å². The first-order chi connectivity index (χ1) is 8.71. The van der Waals surface area contributed by atoms with E-state index in [1.165, 1.54) is 18.2 Å². The number of rotatable bonds is 7. The van der Waals surface area contributed by atoms with Crippen molar-refractivity contribution in [1.29, 1.82) is 5.26 Å². The number of nitriles is 1. The molecule has 0 aliphatic carbocycles. The van der Waals surface area contributed by atoms with Gasteiger partial charge in [-0.05, 0) is 32.0 Å². The van der Waals surface area contributed by atoms with Gasteiger partial charge in [-0.1, -0.05) is 0 Å². The van der Waals surface area contributed by atoms with Crippen LogP contribution in [0.15, 0.2) is 18.2 Å². The molecular weight excluding hydrogens is 235 g/mol. The van der Waals surface area contributed by atoms with Crippen LogP contribution in [0.3, 0.4) is 0 Å². The van der Waals surface area contributed by atoms with Gasteiger partial charge in [-0.2, -0.15) is 5.26 Å². The highest BCUT2D eigenvalue weighted by Gasteiger charge is 2.09. The monoisotopic (exact) mass is 252 g/mol. The van der Waals surface area contributed by atoms with Crippen LogP contribution in [0.5, 0.6) is 0 Å². The Morgan fingerprint density at radius 2 is 2.00 bits per heavy atom. The molecule has 0 fully saturated rings. The van der Waals surface area contributed by atoms with Gasteiger partial charge >= 0.3 is 0 Å². The van der Waals surface area contributed by atoms with E-state index in [-0.39, 0.29) is 11.9 Å². The summed E-state index contributed by atoms with van der Waals surface area (Å²) < 4.78 is 23.7. The van der Waals surface area contributed by atoms with Crippen LogP contribution in [0, 0.1) is 17.1 Å². The third-order valence-electron chi connectivity index (χ3n) is 2.27. The number of hydrogen-bond acceptors (Lipinski definition) is 4. The molecule has 4 nitrogen and oxygen atoms in total. The lowest BCUT2D eigenvalue weighted by atomic mass is 10.2. The van der Waals surface area contributed by atoms with E-state index in [2.05, 4.69) is 5.32 Å². The fraction of sp³-hybridized carbons (Fsp3) is 0.462. The highest BCUT2D eigenvalue weighted by atomic mass is 19.1. The van der Waals surface area contributed by atoms with E-state index in [0.29, 0.717) is 25.4 Å². The van der Waals surface area contributed by atoms with Gasteiger partial charge in [0.1, 0.15) is 11.9 Å². The predicted octanol–water partition coefficient (Wildman–Crippen LogP) is 2.51. The van der Waals surface area contributed by atoms with Crippen LogP contribution in [-0.4, -0.2) is 26.0 Å². The van der Waals surface area contributed by atoms with Crippen LogP contribution in [0.2, 0.25) is 0 Å². The molecule has 0 unspecified atom stereocenters. The molecule has 98 valence electrons. The molecule has 1 N–H and O–H groups in total. The number of anilines is 1. The Hall–Kier alpha value is -1.64. The third kappa shape index (κ3) is 4.32. The fourth-order valence-corrected chi connectivity index (χ4v) is 1.49. The highest BCUT2D eigenvalue weighted by molar-refractivity contribution is 5.57. The maximum atomic E-state index is 12.9. The number of nitrogens with one attached hydrogen (secondary N) is 1. The fourth-order valence-electron chi connectivity index (χ4n) is 1.49. The average molecular weight is 252 g/mol. The minimum Gasteiger partial charge on any atom is -0.379 e. The zero-order chi connectivity index (χ0) is 13.4. The number of nitrogens with zero attached hydrogens (tertiary/aromatic N) is 1. The van der Waals surface area contributed by atoms with E-state index in [0.717, 1.165) is 0 Å². The minimum atomic E-state index is -0.428. The first kappa shape index (κ1) is 14.4. The van der Waals surface area contributed by atoms with Crippen molar-refractivity contribution in [2.24, 2.45) is 0 Å². The minimum absolute atomic E-state index is 0.266. The molecule has 0 heterocycles. The molecule has 0 aromatic heterocycles. The number of hydrogen-bond donors (Lipinski definition) is 1. The second kappa shape index (κ2) is 7.64. The third-order valence-corrected chi connectivity index (χ3v) is 2.27. The van der Waals surface area contributed by atoms with Crippen LogP contribution >= 0.6 is 0 Å². The van der Waals surface area contributed by atoms with Crippen molar-refractivity contribution in [3.05, 3.63) is 29.6 Å². The first-order valence-electron chi connectivity index (χ1n) is 5.88. The molecule has 0 amide bonds. The molecule has 0 saturated heterocycles. The quantitative estimate of drug-likeness (QED) is 0.757. The van der Waals surface area contributed by atoms with E-state index < -0.39 is 5.82 Å². The van der Waals surface area contributed by atoms with Crippen molar-refractivity contribution in [2.75, 3.05) is 25.1 Å². The van der Waals surface area contributed by atoms with Gasteiger partial charge in [0, 0.05) is 13.2 Å². The van der Waals surface area contributed by atoms with Crippen LogP contribution < -0.4 is 5.32 Å². The summed E-state index contributed by atoms with van der Waals surface area (Å²) in [5.41, 5.74) is 0.838. The molecule has 1 aromatic rings. The smallest absolute Gasteiger partial charge is 0.174 e. The standard InChI is InChI=1S/C13H17FN2O2/c1-3-17-13(18-4-2)9-16-12-6-5-11(14)7-10(12)8-15/h5-7,13,16H,3-4,9H2,1-2H3. The first-order valence-corrected chi connectivity index (χ1v) is 5.88. The van der Waals surface area contributed by atoms with Gasteiger partial charge in [-0.15, -0.1) is 0 Å². The Morgan fingerprint density at radius 3 is 2.56 bits per heavy atom. The predicted molar refractivity (Wildman–Crippen MR) is 66.6 cm³/mol. The summed E-state index contributed by atoms with van der Waals surface area (Å²) in [6.07, 6.45) is -0.378. The summed E-state index contributed by atoms with van der Waals surface area (Å²) in [5, 5.41) is 11.9. The molecule has 0 atom stereocenters. The molecule has 0 spiro atoms. The Kier molecular flexibility index (Phi) is 6.12.